The summed E-state index contributed by atoms with van der Waals surface area (Å²) in [6.45, 7) is 6.48. The third-order valence-electron chi connectivity index (χ3n) is 7.29. The number of ether oxygens (including phenoxy) is 3. The molecule has 3 fully saturated rings. The molecule has 1 aliphatic carbocycles. The van der Waals surface area contributed by atoms with Crippen LogP contribution in [0.5, 0.6) is 5.75 Å². The van der Waals surface area contributed by atoms with E-state index in [4.69, 9.17) is 29.1 Å². The minimum absolute atomic E-state index is 0.0440. The van der Waals surface area contributed by atoms with Crippen LogP contribution < -0.4 is 4.74 Å². The highest BCUT2D eigenvalue weighted by atomic mass is 17.2. The van der Waals surface area contributed by atoms with Crippen LogP contribution in [-0.2, 0) is 19.2 Å². The Morgan fingerprint density at radius 1 is 1.03 bits per heavy atom. The number of benzene rings is 1. The van der Waals surface area contributed by atoms with Crippen LogP contribution in [-0.4, -0.2) is 42.5 Å². The summed E-state index contributed by atoms with van der Waals surface area (Å²) in [6.07, 6.45) is 3.00. The zero-order valence-electron chi connectivity index (χ0n) is 18.1. The van der Waals surface area contributed by atoms with Gasteiger partial charge in [0.25, 0.3) is 0 Å². The van der Waals surface area contributed by atoms with Gasteiger partial charge in [-0.3, -0.25) is 0 Å². The molecule has 30 heavy (non-hydrogen) atoms. The first-order chi connectivity index (χ1) is 14.4. The van der Waals surface area contributed by atoms with Crippen molar-refractivity contribution in [2.45, 2.75) is 70.7 Å². The van der Waals surface area contributed by atoms with E-state index >= 15 is 0 Å². The van der Waals surface area contributed by atoms with Gasteiger partial charge in [-0.25, -0.2) is 14.6 Å². The van der Waals surface area contributed by atoms with Crippen molar-refractivity contribution in [3.8, 4) is 5.75 Å². The molecule has 2 saturated heterocycles. The lowest BCUT2D eigenvalue weighted by Crippen LogP contribution is -2.68. The van der Waals surface area contributed by atoms with Crippen molar-refractivity contribution in [3.63, 3.8) is 0 Å². The van der Waals surface area contributed by atoms with E-state index in [2.05, 4.69) is 20.8 Å². The first-order valence-electron chi connectivity index (χ1n) is 10.9. The molecule has 7 nitrogen and oxygen atoms in total. The van der Waals surface area contributed by atoms with E-state index in [-0.39, 0.29) is 29.4 Å². The first-order valence-corrected chi connectivity index (χ1v) is 10.9. The second-order valence-corrected chi connectivity index (χ2v) is 9.04. The molecule has 1 saturated carbocycles. The number of hydrogen-bond donors (Lipinski definition) is 1. The van der Waals surface area contributed by atoms with Crippen molar-refractivity contribution in [3.05, 3.63) is 29.8 Å². The van der Waals surface area contributed by atoms with Gasteiger partial charge in [0, 0.05) is 11.8 Å². The van der Waals surface area contributed by atoms with Gasteiger partial charge in [0.1, 0.15) is 5.75 Å². The highest BCUT2D eigenvalue weighted by Crippen LogP contribution is 2.56. The Morgan fingerprint density at radius 3 is 2.40 bits per heavy atom. The molecule has 4 rings (SSSR count). The van der Waals surface area contributed by atoms with Gasteiger partial charge in [-0.1, -0.05) is 13.8 Å². The van der Waals surface area contributed by atoms with Crippen molar-refractivity contribution in [2.75, 3.05) is 7.11 Å². The van der Waals surface area contributed by atoms with Crippen LogP contribution in [0.15, 0.2) is 24.3 Å². The normalized spacial score (nSPS) is 40.9. The maximum atomic E-state index is 11.1. The lowest BCUT2D eigenvalue weighted by Gasteiger charge is -2.57. The van der Waals surface area contributed by atoms with Crippen molar-refractivity contribution in [2.24, 2.45) is 23.7 Å². The number of carbonyl (C=O) groups is 1. The molecule has 1 aromatic carbocycles. The van der Waals surface area contributed by atoms with Gasteiger partial charge in [-0.15, -0.1) is 0 Å². The van der Waals surface area contributed by atoms with Crippen molar-refractivity contribution >= 4 is 5.97 Å². The van der Waals surface area contributed by atoms with E-state index in [1.165, 1.54) is 12.1 Å². The molecule has 7 heteroatoms. The average Bonchev–Trinajstić information content (AvgIpc) is 2.85. The zero-order valence-corrected chi connectivity index (χ0v) is 18.1. The maximum Gasteiger partial charge on any atom is 0.335 e. The topological polar surface area (TPSA) is 83.5 Å². The van der Waals surface area contributed by atoms with Crippen LogP contribution in [0.2, 0.25) is 0 Å². The summed E-state index contributed by atoms with van der Waals surface area (Å²) in [5.41, 5.74) is -0.443. The third-order valence-corrected chi connectivity index (χ3v) is 7.29. The average molecular weight is 421 g/mol. The summed E-state index contributed by atoms with van der Waals surface area (Å²) < 4.78 is 18.9. The molecule has 2 aliphatic heterocycles. The quantitative estimate of drug-likeness (QED) is 0.563. The molecular formula is C23H32O7. The van der Waals surface area contributed by atoms with Gasteiger partial charge in [-0.05, 0) is 68.7 Å². The van der Waals surface area contributed by atoms with Gasteiger partial charge < -0.3 is 19.3 Å². The maximum absolute atomic E-state index is 11.1. The zero-order chi connectivity index (χ0) is 21.5. The molecule has 0 radical (unpaired) electrons. The van der Waals surface area contributed by atoms with Gasteiger partial charge in [-0.2, -0.15) is 0 Å². The third kappa shape index (κ3) is 3.62. The van der Waals surface area contributed by atoms with E-state index in [0.717, 1.165) is 25.7 Å². The Bertz CT molecular complexity index is 750. The lowest BCUT2D eigenvalue weighted by atomic mass is 9.58. The molecule has 8 atom stereocenters. The summed E-state index contributed by atoms with van der Waals surface area (Å²) in [7, 11) is 1.55. The molecule has 166 valence electrons. The standard InChI is InChI=1S/C23H32O7/c1-13-5-11-19-15(3)21(28-17-9-7-16(8-10-17)20(24)25)29-22-23(19,30-26-4)18(13)12-6-14(2)27-22/h7-10,13-15,18-19,21-22H,5-6,11-12H2,1-4H3,(H,24,25)/t13-,14?,15?,18?,19?,21?,22?,23-/m1/s1. The molecule has 0 amide bonds. The van der Waals surface area contributed by atoms with Crippen molar-refractivity contribution in [1.82, 2.24) is 0 Å². The monoisotopic (exact) mass is 420 g/mol. The fourth-order valence-electron chi connectivity index (χ4n) is 5.75. The number of rotatable bonds is 5. The molecular weight excluding hydrogens is 388 g/mol. The van der Waals surface area contributed by atoms with Gasteiger partial charge in [0.2, 0.25) is 6.29 Å². The Morgan fingerprint density at radius 2 is 1.73 bits per heavy atom. The van der Waals surface area contributed by atoms with E-state index in [9.17, 15) is 4.79 Å². The molecule has 1 aromatic rings. The van der Waals surface area contributed by atoms with Crippen LogP contribution in [0.25, 0.3) is 0 Å². The fourth-order valence-corrected chi connectivity index (χ4v) is 5.75. The first kappa shape index (κ1) is 21.6. The van der Waals surface area contributed by atoms with E-state index < -0.39 is 24.2 Å². The minimum atomic E-state index is -0.964. The highest BCUT2D eigenvalue weighted by Gasteiger charge is 2.65. The van der Waals surface area contributed by atoms with E-state index in [1.807, 2.05) is 0 Å². The summed E-state index contributed by atoms with van der Waals surface area (Å²) in [4.78, 5) is 22.5. The Hall–Kier alpha value is -1.67. The van der Waals surface area contributed by atoms with Crippen molar-refractivity contribution < 1.29 is 33.9 Å². The molecule has 0 spiro atoms. The predicted octanol–water partition coefficient (Wildman–Crippen LogP) is 4.26. The molecule has 2 heterocycles. The number of carboxylic acid groups (broad SMARTS) is 1. The fraction of sp³-hybridized carbons (Fsp3) is 0.696. The molecule has 1 N–H and O–H groups in total. The van der Waals surface area contributed by atoms with Gasteiger partial charge in [0.15, 0.2) is 11.9 Å². The predicted molar refractivity (Wildman–Crippen MR) is 108 cm³/mol. The molecule has 3 aliphatic rings. The largest absolute Gasteiger partial charge is 0.478 e. The Balaban J connectivity index is 1.64. The number of carboxylic acids is 1. The van der Waals surface area contributed by atoms with Crippen LogP contribution in [0.1, 0.15) is 56.8 Å². The van der Waals surface area contributed by atoms with Crippen LogP contribution in [0, 0.1) is 23.7 Å². The van der Waals surface area contributed by atoms with E-state index in [1.54, 1.807) is 19.2 Å². The smallest absolute Gasteiger partial charge is 0.335 e. The molecule has 0 bridgehead atoms. The molecule has 0 aromatic heterocycles. The Labute approximate surface area is 177 Å². The summed E-state index contributed by atoms with van der Waals surface area (Å²) in [6, 6.07) is 6.39. The van der Waals surface area contributed by atoms with E-state index in [0.29, 0.717) is 11.7 Å². The summed E-state index contributed by atoms with van der Waals surface area (Å²) >= 11 is 0. The summed E-state index contributed by atoms with van der Waals surface area (Å²) in [5, 5.41) is 9.11. The van der Waals surface area contributed by atoms with Crippen LogP contribution in [0.3, 0.4) is 0 Å². The van der Waals surface area contributed by atoms with Crippen molar-refractivity contribution in [1.29, 1.82) is 0 Å². The Kier molecular flexibility index (Phi) is 6.08. The second kappa shape index (κ2) is 8.46. The SMILES string of the molecule is COO[C@]12C3OC(C)CCC1[C@H](C)CCC2C(C)C(Oc1ccc(C(=O)O)cc1)O3. The highest BCUT2D eigenvalue weighted by molar-refractivity contribution is 5.87. The number of hydrogen-bond acceptors (Lipinski definition) is 6. The minimum Gasteiger partial charge on any atom is -0.478 e. The molecule has 6 unspecified atom stereocenters. The van der Waals surface area contributed by atoms with Crippen LogP contribution >= 0.6 is 0 Å². The number of aromatic carboxylic acids is 1. The second-order valence-electron chi connectivity index (χ2n) is 9.04. The van der Waals surface area contributed by atoms with Crippen LogP contribution in [0.4, 0.5) is 0 Å². The summed E-state index contributed by atoms with van der Waals surface area (Å²) in [5.74, 6) is 0.579. The van der Waals surface area contributed by atoms with Gasteiger partial charge in [0.05, 0.1) is 18.8 Å². The van der Waals surface area contributed by atoms with Gasteiger partial charge >= 0.3 is 5.97 Å². The lowest BCUT2D eigenvalue weighted by molar-refractivity contribution is -0.463.